The molecule has 0 spiro atoms. The Morgan fingerprint density at radius 3 is 2.39 bits per heavy atom. The molecule has 3 aromatic rings. The first-order valence-electron chi connectivity index (χ1n) is 9.88. The smallest absolute Gasteiger partial charge is 0.264 e. The van der Waals surface area contributed by atoms with Crippen molar-refractivity contribution < 1.29 is 13.2 Å². The van der Waals surface area contributed by atoms with Crippen LogP contribution in [0.3, 0.4) is 0 Å². The van der Waals surface area contributed by atoms with E-state index in [-0.39, 0.29) is 23.4 Å². The summed E-state index contributed by atoms with van der Waals surface area (Å²) in [4.78, 5) is 13.1. The molecule has 31 heavy (non-hydrogen) atoms. The molecule has 1 N–H and O–H groups in total. The van der Waals surface area contributed by atoms with Crippen LogP contribution in [0.4, 0.5) is 5.69 Å². The van der Waals surface area contributed by atoms with Crippen LogP contribution in [0.25, 0.3) is 0 Å². The van der Waals surface area contributed by atoms with Gasteiger partial charge in [0, 0.05) is 4.47 Å². The van der Waals surface area contributed by atoms with Gasteiger partial charge in [-0.25, -0.2) is 8.42 Å². The molecular formula is C24H25BrN2O3S. The maximum Gasteiger partial charge on any atom is 0.264 e. The second kappa shape index (κ2) is 9.66. The Balaban J connectivity index is 1.90. The van der Waals surface area contributed by atoms with Gasteiger partial charge in [-0.1, -0.05) is 64.0 Å². The minimum atomic E-state index is -3.93. The molecule has 0 saturated heterocycles. The van der Waals surface area contributed by atoms with Crippen LogP contribution in [0.2, 0.25) is 0 Å². The largest absolute Gasteiger partial charge is 0.348 e. The molecule has 1 amide bonds. The molecule has 0 heterocycles. The number of amides is 1. The van der Waals surface area contributed by atoms with Crippen LogP contribution in [0.1, 0.15) is 29.7 Å². The highest BCUT2D eigenvalue weighted by Gasteiger charge is 2.27. The Morgan fingerprint density at radius 2 is 1.71 bits per heavy atom. The highest BCUT2D eigenvalue weighted by Crippen LogP contribution is 2.26. The lowest BCUT2D eigenvalue weighted by Crippen LogP contribution is -2.41. The van der Waals surface area contributed by atoms with Crippen molar-refractivity contribution in [2.45, 2.75) is 31.7 Å². The molecule has 0 bridgehead atoms. The lowest BCUT2D eigenvalue weighted by molar-refractivity contribution is -0.120. The summed E-state index contributed by atoms with van der Waals surface area (Å²) in [6, 6.07) is 20.8. The van der Waals surface area contributed by atoms with Crippen LogP contribution < -0.4 is 9.62 Å². The van der Waals surface area contributed by atoms with Crippen LogP contribution in [0, 0.1) is 13.8 Å². The predicted octanol–water partition coefficient (Wildman–Crippen LogP) is 5.14. The normalized spacial score (nSPS) is 12.3. The Bertz CT molecular complexity index is 1180. The minimum Gasteiger partial charge on any atom is -0.348 e. The van der Waals surface area contributed by atoms with E-state index in [0.29, 0.717) is 5.69 Å². The second-order valence-electron chi connectivity index (χ2n) is 7.45. The SMILES string of the molecule is Cc1ccc(C)c(C(C)NC(=O)CN(c2cccc(Br)c2)S(=O)(=O)c2ccccc2)c1. The van der Waals surface area contributed by atoms with E-state index in [1.54, 1.807) is 42.5 Å². The van der Waals surface area contributed by atoms with Gasteiger partial charge in [-0.3, -0.25) is 9.10 Å². The molecular weight excluding hydrogens is 476 g/mol. The molecule has 0 aliphatic carbocycles. The molecule has 5 nitrogen and oxygen atoms in total. The van der Waals surface area contributed by atoms with Crippen molar-refractivity contribution >= 4 is 37.5 Å². The zero-order valence-electron chi connectivity index (χ0n) is 17.7. The highest BCUT2D eigenvalue weighted by molar-refractivity contribution is 9.10. The van der Waals surface area contributed by atoms with Gasteiger partial charge in [0.1, 0.15) is 6.54 Å². The molecule has 0 aromatic heterocycles. The Kier molecular flexibility index (Phi) is 7.18. The zero-order valence-corrected chi connectivity index (χ0v) is 20.1. The van der Waals surface area contributed by atoms with Crippen molar-refractivity contribution in [3.8, 4) is 0 Å². The van der Waals surface area contributed by atoms with Crippen molar-refractivity contribution in [2.75, 3.05) is 10.8 Å². The Labute approximate surface area is 192 Å². The summed E-state index contributed by atoms with van der Waals surface area (Å²) in [5.41, 5.74) is 3.59. The summed E-state index contributed by atoms with van der Waals surface area (Å²) in [5, 5.41) is 2.95. The highest BCUT2D eigenvalue weighted by atomic mass is 79.9. The number of hydrogen-bond acceptors (Lipinski definition) is 3. The quantitative estimate of drug-likeness (QED) is 0.488. The fourth-order valence-corrected chi connectivity index (χ4v) is 5.21. The lowest BCUT2D eigenvalue weighted by atomic mass is 10.00. The van der Waals surface area contributed by atoms with Gasteiger partial charge in [-0.05, 0) is 62.2 Å². The number of hydrogen-bond donors (Lipinski definition) is 1. The molecule has 1 unspecified atom stereocenters. The number of rotatable bonds is 7. The van der Waals surface area contributed by atoms with Gasteiger partial charge in [0.25, 0.3) is 10.0 Å². The van der Waals surface area contributed by atoms with Gasteiger partial charge < -0.3 is 5.32 Å². The minimum absolute atomic E-state index is 0.130. The monoisotopic (exact) mass is 500 g/mol. The van der Waals surface area contributed by atoms with E-state index < -0.39 is 10.0 Å². The average molecular weight is 501 g/mol. The first-order valence-corrected chi connectivity index (χ1v) is 12.1. The first-order chi connectivity index (χ1) is 14.7. The van der Waals surface area contributed by atoms with Gasteiger partial charge >= 0.3 is 0 Å². The molecule has 1 atom stereocenters. The van der Waals surface area contributed by atoms with Crippen LogP contribution in [-0.4, -0.2) is 20.9 Å². The van der Waals surface area contributed by atoms with Crippen molar-refractivity contribution in [1.29, 1.82) is 0 Å². The number of sulfonamides is 1. The Hall–Kier alpha value is -2.64. The van der Waals surface area contributed by atoms with Crippen molar-refractivity contribution in [3.05, 3.63) is 94.0 Å². The lowest BCUT2D eigenvalue weighted by Gasteiger charge is -2.25. The summed E-state index contributed by atoms with van der Waals surface area (Å²) in [5.74, 6) is -0.382. The first kappa shape index (κ1) is 23.0. The standard InChI is InChI=1S/C24H25BrN2O3S/c1-17-12-13-18(2)23(14-17)19(3)26-24(28)16-27(21-9-7-8-20(25)15-21)31(29,30)22-10-5-4-6-11-22/h4-15,19H,16H2,1-3H3,(H,26,28). The van der Waals surface area contributed by atoms with Gasteiger partial charge in [0.15, 0.2) is 0 Å². The number of carbonyl (C=O) groups excluding carboxylic acids is 1. The zero-order chi connectivity index (χ0) is 22.6. The summed E-state index contributed by atoms with van der Waals surface area (Å²) >= 11 is 3.38. The van der Waals surface area contributed by atoms with E-state index in [0.717, 1.165) is 25.5 Å². The molecule has 3 rings (SSSR count). The summed E-state index contributed by atoms with van der Waals surface area (Å²) in [6.07, 6.45) is 0. The fraction of sp³-hybridized carbons (Fsp3) is 0.208. The van der Waals surface area contributed by atoms with E-state index in [1.807, 2.05) is 39.0 Å². The van der Waals surface area contributed by atoms with E-state index in [4.69, 9.17) is 0 Å². The van der Waals surface area contributed by atoms with Crippen LogP contribution in [0.5, 0.6) is 0 Å². The molecule has 0 saturated carbocycles. The number of carbonyl (C=O) groups is 1. The molecule has 162 valence electrons. The third-order valence-corrected chi connectivity index (χ3v) is 7.27. The maximum atomic E-state index is 13.4. The van der Waals surface area contributed by atoms with Crippen molar-refractivity contribution in [3.63, 3.8) is 0 Å². The second-order valence-corrected chi connectivity index (χ2v) is 10.2. The van der Waals surface area contributed by atoms with E-state index in [1.165, 1.54) is 12.1 Å². The number of anilines is 1. The van der Waals surface area contributed by atoms with Crippen molar-refractivity contribution in [2.24, 2.45) is 0 Å². The Morgan fingerprint density at radius 1 is 1.00 bits per heavy atom. The van der Waals surface area contributed by atoms with Gasteiger partial charge in [-0.15, -0.1) is 0 Å². The average Bonchev–Trinajstić information content (AvgIpc) is 2.74. The van der Waals surface area contributed by atoms with E-state index in [9.17, 15) is 13.2 Å². The third-order valence-electron chi connectivity index (χ3n) is 4.99. The topological polar surface area (TPSA) is 66.5 Å². The molecule has 0 radical (unpaired) electrons. The number of halogens is 1. The van der Waals surface area contributed by atoms with Crippen LogP contribution in [0.15, 0.2) is 82.2 Å². The number of benzene rings is 3. The van der Waals surface area contributed by atoms with Crippen molar-refractivity contribution in [1.82, 2.24) is 5.32 Å². The van der Waals surface area contributed by atoms with E-state index in [2.05, 4.69) is 21.2 Å². The maximum absolute atomic E-state index is 13.4. The molecule has 7 heteroatoms. The number of nitrogens with zero attached hydrogens (tertiary/aromatic N) is 1. The summed E-state index contributed by atoms with van der Waals surface area (Å²) in [7, 11) is -3.93. The van der Waals surface area contributed by atoms with Gasteiger partial charge in [-0.2, -0.15) is 0 Å². The van der Waals surface area contributed by atoms with Gasteiger partial charge in [0.05, 0.1) is 16.6 Å². The third kappa shape index (κ3) is 5.54. The molecule has 0 aliphatic rings. The molecule has 0 fully saturated rings. The van der Waals surface area contributed by atoms with Crippen LogP contribution in [-0.2, 0) is 14.8 Å². The van der Waals surface area contributed by atoms with Crippen LogP contribution >= 0.6 is 15.9 Å². The predicted molar refractivity (Wildman–Crippen MR) is 128 cm³/mol. The fourth-order valence-electron chi connectivity index (χ4n) is 3.39. The number of nitrogens with one attached hydrogen (secondary N) is 1. The van der Waals surface area contributed by atoms with E-state index >= 15 is 0 Å². The number of aryl methyl sites for hydroxylation is 2. The summed E-state index contributed by atoms with van der Waals surface area (Å²) < 4.78 is 28.6. The molecule has 0 aliphatic heterocycles. The van der Waals surface area contributed by atoms with Gasteiger partial charge in [0.2, 0.25) is 5.91 Å². The summed E-state index contributed by atoms with van der Waals surface area (Å²) in [6.45, 7) is 5.56. The molecule has 3 aromatic carbocycles.